The van der Waals surface area contributed by atoms with Crippen molar-refractivity contribution < 1.29 is 14.0 Å². The highest BCUT2D eigenvalue weighted by atomic mass is 32.2. The van der Waals surface area contributed by atoms with Crippen LogP contribution in [-0.2, 0) is 22.1 Å². The van der Waals surface area contributed by atoms with Gasteiger partial charge >= 0.3 is 8.25 Å². The van der Waals surface area contributed by atoms with Gasteiger partial charge in [0.15, 0.2) is 0 Å². The van der Waals surface area contributed by atoms with Crippen molar-refractivity contribution >= 4 is 20.0 Å². The van der Waals surface area contributed by atoms with E-state index in [4.69, 9.17) is 4.89 Å². The third kappa shape index (κ3) is 10.4. The van der Waals surface area contributed by atoms with Crippen LogP contribution >= 0.6 is 20.0 Å². The smallest absolute Gasteiger partial charge is 0.313 e. The largest absolute Gasteiger partial charge is 0.694 e. The van der Waals surface area contributed by atoms with Crippen molar-refractivity contribution in [1.29, 1.82) is 0 Å². The minimum absolute atomic E-state index is 0.304. The first-order valence-corrected chi connectivity index (χ1v) is 12.4. The van der Waals surface area contributed by atoms with Crippen LogP contribution in [0.4, 0.5) is 0 Å². The molecular formula is C23H33NO3PS+. The second-order valence-corrected chi connectivity index (χ2v) is 9.22. The highest BCUT2D eigenvalue weighted by molar-refractivity contribution is 7.99. The second-order valence-electron chi connectivity index (χ2n) is 7.35. The van der Waals surface area contributed by atoms with Gasteiger partial charge in [-0.05, 0) is 74.6 Å². The van der Waals surface area contributed by atoms with E-state index in [1.54, 1.807) is 0 Å². The maximum absolute atomic E-state index is 10.4. The van der Waals surface area contributed by atoms with Crippen LogP contribution in [-0.4, -0.2) is 23.8 Å². The summed E-state index contributed by atoms with van der Waals surface area (Å²) in [5.41, 5.74) is 5.36. The second kappa shape index (κ2) is 13.9. The van der Waals surface area contributed by atoms with Crippen LogP contribution in [0.1, 0.15) is 47.9 Å². The Morgan fingerprint density at radius 2 is 1.76 bits per heavy atom. The molecule has 1 atom stereocenters. The highest BCUT2D eigenvalue weighted by Gasteiger charge is 2.10. The molecule has 0 saturated heterocycles. The summed E-state index contributed by atoms with van der Waals surface area (Å²) >= 11 is 1.95. The van der Waals surface area contributed by atoms with Gasteiger partial charge < -0.3 is 5.32 Å². The summed E-state index contributed by atoms with van der Waals surface area (Å²) in [6.45, 7) is 6.18. The molecule has 0 bridgehead atoms. The molecule has 0 spiro atoms. The van der Waals surface area contributed by atoms with E-state index >= 15 is 0 Å². The molecule has 1 unspecified atom stereocenters. The Hall–Kier alpha value is -1.23. The Bertz CT molecular complexity index is 752. The van der Waals surface area contributed by atoms with Gasteiger partial charge in [0, 0.05) is 16.0 Å². The summed E-state index contributed by atoms with van der Waals surface area (Å²) in [7, 11) is -2.47. The van der Waals surface area contributed by atoms with E-state index in [-0.39, 0.29) is 0 Å². The number of aryl methyl sites for hydroxylation is 3. The molecule has 0 radical (unpaired) electrons. The fourth-order valence-electron chi connectivity index (χ4n) is 3.10. The van der Waals surface area contributed by atoms with Crippen LogP contribution < -0.4 is 5.32 Å². The standard InChI is InChI=1S/C23H32NO3PS/c1-19-8-10-21(11-9-19)7-4-3-5-16-29-23-13-12-22(17-20(23)2)18-24-14-6-15-27-28(25)26/h8-13,17,24H,3-7,14-16,18H2,1-2H3/p+1. The summed E-state index contributed by atoms with van der Waals surface area (Å²) in [6, 6.07) is 15.5. The van der Waals surface area contributed by atoms with Gasteiger partial charge in [-0.1, -0.05) is 48.4 Å². The first-order chi connectivity index (χ1) is 14.0. The fraction of sp³-hybridized carbons (Fsp3) is 0.478. The first-order valence-electron chi connectivity index (χ1n) is 10.3. The molecule has 0 aliphatic carbocycles. The lowest BCUT2D eigenvalue weighted by atomic mass is 10.1. The molecule has 2 aromatic carbocycles. The minimum atomic E-state index is -2.47. The summed E-state index contributed by atoms with van der Waals surface area (Å²) in [5, 5.41) is 3.34. The molecule has 0 amide bonds. The Balaban J connectivity index is 1.58. The zero-order chi connectivity index (χ0) is 20.9. The fourth-order valence-corrected chi connectivity index (χ4v) is 4.41. The van der Waals surface area contributed by atoms with E-state index in [0.29, 0.717) is 6.61 Å². The van der Waals surface area contributed by atoms with Gasteiger partial charge in [-0.25, -0.2) is 0 Å². The van der Waals surface area contributed by atoms with Crippen molar-refractivity contribution in [2.24, 2.45) is 0 Å². The number of unbranched alkanes of at least 4 members (excludes halogenated alkanes) is 2. The van der Waals surface area contributed by atoms with Gasteiger partial charge in [0.05, 0.1) is 0 Å². The Kier molecular flexibility index (Phi) is 11.5. The number of thioether (sulfide) groups is 1. The number of nitrogens with one attached hydrogen (secondary N) is 1. The first kappa shape index (κ1) is 24.0. The maximum Gasteiger partial charge on any atom is 0.694 e. The molecule has 4 nitrogen and oxygen atoms in total. The number of hydrogen-bond acceptors (Lipinski definition) is 4. The van der Waals surface area contributed by atoms with Crippen molar-refractivity contribution in [1.82, 2.24) is 5.32 Å². The predicted octanol–water partition coefficient (Wildman–Crippen LogP) is 5.95. The number of rotatable bonds is 14. The van der Waals surface area contributed by atoms with Crippen LogP contribution in [0.2, 0.25) is 0 Å². The Labute approximate surface area is 180 Å². The Morgan fingerprint density at radius 3 is 2.48 bits per heavy atom. The third-order valence-electron chi connectivity index (χ3n) is 4.76. The molecular weight excluding hydrogens is 401 g/mol. The van der Waals surface area contributed by atoms with Crippen LogP contribution in [0.3, 0.4) is 0 Å². The lowest BCUT2D eigenvalue weighted by molar-refractivity contribution is 0.276. The molecule has 158 valence electrons. The van der Waals surface area contributed by atoms with E-state index in [0.717, 1.165) is 19.5 Å². The summed E-state index contributed by atoms with van der Waals surface area (Å²) < 4.78 is 15.1. The molecule has 2 rings (SSSR count). The number of benzene rings is 2. The molecule has 0 aliphatic rings. The molecule has 29 heavy (non-hydrogen) atoms. The van der Waals surface area contributed by atoms with Crippen molar-refractivity contribution in [3.8, 4) is 0 Å². The molecule has 6 heteroatoms. The van der Waals surface area contributed by atoms with Crippen LogP contribution in [0.5, 0.6) is 0 Å². The van der Waals surface area contributed by atoms with Crippen molar-refractivity contribution in [2.75, 3.05) is 18.9 Å². The minimum Gasteiger partial charge on any atom is -0.313 e. The van der Waals surface area contributed by atoms with Crippen LogP contribution in [0.25, 0.3) is 0 Å². The SMILES string of the molecule is Cc1ccc(CCCCCSc2ccc(CNCCCO[P+](=O)O)cc2C)cc1. The molecule has 2 N–H and O–H groups in total. The zero-order valence-corrected chi connectivity index (χ0v) is 19.2. The van der Waals surface area contributed by atoms with Gasteiger partial charge in [0.25, 0.3) is 0 Å². The normalized spacial score (nSPS) is 11.6. The zero-order valence-electron chi connectivity index (χ0n) is 17.5. The lowest BCUT2D eigenvalue weighted by Crippen LogP contribution is -2.16. The van der Waals surface area contributed by atoms with E-state index in [1.165, 1.54) is 58.6 Å². The van der Waals surface area contributed by atoms with E-state index in [1.807, 2.05) is 11.8 Å². The average molecular weight is 435 g/mol. The van der Waals surface area contributed by atoms with E-state index < -0.39 is 8.25 Å². The van der Waals surface area contributed by atoms with Gasteiger partial charge in [-0.3, -0.25) is 0 Å². The molecule has 0 saturated carbocycles. The molecule has 0 fully saturated rings. The van der Waals surface area contributed by atoms with Crippen molar-refractivity contribution in [3.05, 3.63) is 64.7 Å². The topological polar surface area (TPSA) is 58.6 Å². The molecule has 0 aromatic heterocycles. The van der Waals surface area contributed by atoms with Gasteiger partial charge in [-0.2, -0.15) is 0 Å². The average Bonchev–Trinajstić information content (AvgIpc) is 2.69. The summed E-state index contributed by atoms with van der Waals surface area (Å²) in [6.07, 6.45) is 5.68. The third-order valence-corrected chi connectivity index (χ3v) is 6.42. The van der Waals surface area contributed by atoms with E-state index in [2.05, 4.69) is 66.2 Å². The predicted molar refractivity (Wildman–Crippen MR) is 123 cm³/mol. The molecule has 0 heterocycles. The van der Waals surface area contributed by atoms with Crippen LogP contribution in [0, 0.1) is 13.8 Å². The summed E-state index contributed by atoms with van der Waals surface area (Å²) in [5.74, 6) is 1.17. The number of hydrogen-bond donors (Lipinski definition) is 2. The van der Waals surface area contributed by atoms with Gasteiger partial charge in [0.2, 0.25) is 0 Å². The van der Waals surface area contributed by atoms with Crippen LogP contribution in [0.15, 0.2) is 47.4 Å². The summed E-state index contributed by atoms with van der Waals surface area (Å²) in [4.78, 5) is 9.94. The Morgan fingerprint density at radius 1 is 1.00 bits per heavy atom. The molecule has 0 aliphatic heterocycles. The monoisotopic (exact) mass is 434 g/mol. The van der Waals surface area contributed by atoms with E-state index in [9.17, 15) is 4.57 Å². The van der Waals surface area contributed by atoms with Crippen molar-refractivity contribution in [2.45, 2.75) is 57.4 Å². The van der Waals surface area contributed by atoms with Gasteiger partial charge in [0.1, 0.15) is 6.61 Å². The van der Waals surface area contributed by atoms with Crippen molar-refractivity contribution in [3.63, 3.8) is 0 Å². The lowest BCUT2D eigenvalue weighted by Gasteiger charge is -2.09. The maximum atomic E-state index is 10.4. The quantitative estimate of drug-likeness (QED) is 0.218. The highest BCUT2D eigenvalue weighted by Crippen LogP contribution is 2.25. The molecule has 2 aromatic rings. The van der Waals surface area contributed by atoms with Gasteiger partial charge in [-0.15, -0.1) is 21.2 Å².